The summed E-state index contributed by atoms with van der Waals surface area (Å²) < 4.78 is 0. The molecule has 1 aromatic heterocycles. The van der Waals surface area contributed by atoms with Gasteiger partial charge in [-0.2, -0.15) is 10.2 Å². The molecule has 1 unspecified atom stereocenters. The number of nitrogens with zero attached hydrogens (tertiary/aromatic N) is 2. The van der Waals surface area contributed by atoms with Crippen molar-refractivity contribution in [3.05, 3.63) is 30.5 Å². The quantitative estimate of drug-likeness (QED) is 0.845. The average molecular weight is 245 g/mol. The summed E-state index contributed by atoms with van der Waals surface area (Å²) in [5.41, 5.74) is 1.46. The summed E-state index contributed by atoms with van der Waals surface area (Å²) in [5, 5.41) is 20.9. The van der Waals surface area contributed by atoms with E-state index in [2.05, 4.69) is 15.5 Å². The maximum Gasteiger partial charge on any atom is 0.326 e. The second-order valence-corrected chi connectivity index (χ2v) is 4.10. The van der Waals surface area contributed by atoms with E-state index in [4.69, 9.17) is 5.11 Å². The van der Waals surface area contributed by atoms with Gasteiger partial charge in [-0.15, -0.1) is 0 Å². The van der Waals surface area contributed by atoms with Gasteiger partial charge in [-0.3, -0.25) is 0 Å². The maximum atomic E-state index is 11.1. The third-order valence-corrected chi connectivity index (χ3v) is 2.75. The van der Waals surface area contributed by atoms with Gasteiger partial charge >= 0.3 is 5.97 Å². The highest BCUT2D eigenvalue weighted by atomic mass is 16.4. The molecule has 1 atom stereocenters. The van der Waals surface area contributed by atoms with Crippen molar-refractivity contribution in [3.8, 4) is 0 Å². The van der Waals surface area contributed by atoms with Gasteiger partial charge < -0.3 is 10.4 Å². The van der Waals surface area contributed by atoms with Crippen LogP contribution in [0.5, 0.6) is 0 Å². The van der Waals surface area contributed by atoms with Crippen LogP contribution in [0.4, 0.5) is 5.69 Å². The first-order valence-corrected chi connectivity index (χ1v) is 5.92. The average Bonchev–Trinajstić information content (AvgIpc) is 2.38. The third-order valence-electron chi connectivity index (χ3n) is 2.75. The van der Waals surface area contributed by atoms with Crippen LogP contribution in [0, 0.1) is 0 Å². The Hall–Kier alpha value is -2.17. The van der Waals surface area contributed by atoms with Gasteiger partial charge in [0.25, 0.3) is 0 Å². The highest BCUT2D eigenvalue weighted by molar-refractivity contribution is 5.92. The third kappa shape index (κ3) is 2.56. The monoisotopic (exact) mass is 245 g/mol. The minimum absolute atomic E-state index is 0.575. The van der Waals surface area contributed by atoms with Crippen LogP contribution < -0.4 is 5.32 Å². The number of hydrogen-bond acceptors (Lipinski definition) is 4. The molecule has 18 heavy (non-hydrogen) atoms. The largest absolute Gasteiger partial charge is 0.480 e. The Balaban J connectivity index is 2.33. The highest BCUT2D eigenvalue weighted by Gasteiger charge is 2.17. The van der Waals surface area contributed by atoms with E-state index in [1.165, 1.54) is 0 Å². The fourth-order valence-electron chi connectivity index (χ4n) is 1.86. The first kappa shape index (κ1) is 12.3. The number of hydrogen-bond donors (Lipinski definition) is 2. The van der Waals surface area contributed by atoms with E-state index in [1.807, 2.05) is 31.2 Å². The van der Waals surface area contributed by atoms with Gasteiger partial charge in [0.15, 0.2) is 0 Å². The van der Waals surface area contributed by atoms with Crippen molar-refractivity contribution >= 4 is 22.6 Å². The Morgan fingerprint density at radius 2 is 2.22 bits per heavy atom. The number of fused-ring (bicyclic) bond motifs is 1. The topological polar surface area (TPSA) is 75.1 Å². The van der Waals surface area contributed by atoms with Gasteiger partial charge in [-0.25, -0.2) is 4.79 Å². The normalized spacial score (nSPS) is 12.3. The predicted molar refractivity (Wildman–Crippen MR) is 69.5 cm³/mol. The van der Waals surface area contributed by atoms with Crippen molar-refractivity contribution < 1.29 is 9.90 Å². The number of carboxylic acids is 1. The summed E-state index contributed by atoms with van der Waals surface area (Å²) in [6.45, 7) is 1.96. The first-order valence-electron chi connectivity index (χ1n) is 5.92. The lowest BCUT2D eigenvalue weighted by atomic mass is 10.1. The number of nitrogens with one attached hydrogen (secondary N) is 1. The summed E-state index contributed by atoms with van der Waals surface area (Å²) in [7, 11) is 0. The Morgan fingerprint density at radius 3 is 2.94 bits per heavy atom. The van der Waals surface area contributed by atoms with E-state index in [0.29, 0.717) is 12.1 Å². The fourth-order valence-corrected chi connectivity index (χ4v) is 1.86. The van der Waals surface area contributed by atoms with E-state index in [1.54, 1.807) is 6.20 Å². The zero-order valence-electron chi connectivity index (χ0n) is 10.1. The van der Waals surface area contributed by atoms with Gasteiger partial charge in [0, 0.05) is 5.39 Å². The van der Waals surface area contributed by atoms with Crippen LogP contribution in [0.1, 0.15) is 19.8 Å². The summed E-state index contributed by atoms with van der Waals surface area (Å²) in [4.78, 5) is 11.1. The molecule has 0 saturated carbocycles. The molecule has 0 aliphatic rings. The molecule has 0 fully saturated rings. The van der Waals surface area contributed by atoms with Crippen molar-refractivity contribution in [1.29, 1.82) is 0 Å². The number of carbonyl (C=O) groups is 1. The zero-order chi connectivity index (χ0) is 13.0. The molecule has 0 aliphatic carbocycles. The molecular weight excluding hydrogens is 230 g/mol. The minimum Gasteiger partial charge on any atom is -0.480 e. The Kier molecular flexibility index (Phi) is 3.72. The molecule has 0 spiro atoms. The molecule has 1 aromatic carbocycles. The van der Waals surface area contributed by atoms with Gasteiger partial charge in [0.1, 0.15) is 6.04 Å². The maximum absolute atomic E-state index is 11.1. The van der Waals surface area contributed by atoms with Crippen LogP contribution in [0.2, 0.25) is 0 Å². The summed E-state index contributed by atoms with van der Waals surface area (Å²) in [5.74, 6) is -0.849. The molecule has 0 saturated heterocycles. The lowest BCUT2D eigenvalue weighted by Gasteiger charge is -2.15. The number of anilines is 1. The molecule has 0 amide bonds. The SMILES string of the molecule is CCCC(Nc1cnnc2ccccc12)C(=O)O. The number of benzene rings is 1. The predicted octanol–water partition coefficient (Wildman–Crippen LogP) is 2.29. The number of rotatable bonds is 5. The lowest BCUT2D eigenvalue weighted by Crippen LogP contribution is -2.29. The summed E-state index contributed by atoms with van der Waals surface area (Å²) in [6, 6.07) is 6.93. The first-order chi connectivity index (χ1) is 8.72. The molecule has 94 valence electrons. The number of aliphatic carboxylic acids is 1. The molecule has 2 N–H and O–H groups in total. The Bertz CT molecular complexity index is 551. The molecule has 0 radical (unpaired) electrons. The van der Waals surface area contributed by atoms with Gasteiger partial charge in [-0.05, 0) is 12.5 Å². The number of carboxylic acid groups (broad SMARTS) is 1. The molecule has 5 nitrogen and oxygen atoms in total. The lowest BCUT2D eigenvalue weighted by molar-refractivity contribution is -0.138. The molecule has 2 rings (SSSR count). The van der Waals surface area contributed by atoms with Crippen molar-refractivity contribution in [1.82, 2.24) is 10.2 Å². The smallest absolute Gasteiger partial charge is 0.326 e. The van der Waals surface area contributed by atoms with Gasteiger partial charge in [0.2, 0.25) is 0 Å². The molecule has 5 heteroatoms. The minimum atomic E-state index is -0.849. The molecule has 2 aromatic rings. The molecular formula is C13H15N3O2. The fraction of sp³-hybridized carbons (Fsp3) is 0.308. The van der Waals surface area contributed by atoms with Crippen molar-refractivity contribution in [3.63, 3.8) is 0 Å². The van der Waals surface area contributed by atoms with Crippen molar-refractivity contribution in [2.24, 2.45) is 0 Å². The van der Waals surface area contributed by atoms with E-state index in [-0.39, 0.29) is 0 Å². The van der Waals surface area contributed by atoms with Crippen LogP contribution in [0.15, 0.2) is 30.5 Å². The second kappa shape index (κ2) is 5.44. The standard InChI is InChI=1S/C13H15N3O2/c1-2-5-11(13(17)18)15-12-8-14-16-10-7-4-3-6-9(10)12/h3-4,6-8,11H,2,5H2,1H3,(H,15,16)(H,17,18). The molecule has 0 bridgehead atoms. The zero-order valence-corrected chi connectivity index (χ0v) is 10.1. The molecule has 0 aliphatic heterocycles. The van der Waals surface area contributed by atoms with Crippen LogP contribution >= 0.6 is 0 Å². The van der Waals surface area contributed by atoms with Crippen LogP contribution in [0.3, 0.4) is 0 Å². The highest BCUT2D eigenvalue weighted by Crippen LogP contribution is 2.21. The van der Waals surface area contributed by atoms with E-state index >= 15 is 0 Å². The van der Waals surface area contributed by atoms with E-state index < -0.39 is 12.0 Å². The van der Waals surface area contributed by atoms with Gasteiger partial charge in [0.05, 0.1) is 17.4 Å². The van der Waals surface area contributed by atoms with Gasteiger partial charge in [-0.1, -0.05) is 31.5 Å². The Morgan fingerprint density at radius 1 is 1.44 bits per heavy atom. The Labute approximate surface area is 105 Å². The van der Waals surface area contributed by atoms with Crippen LogP contribution in [0.25, 0.3) is 10.9 Å². The van der Waals surface area contributed by atoms with Crippen molar-refractivity contribution in [2.45, 2.75) is 25.8 Å². The summed E-state index contributed by atoms with van der Waals surface area (Å²) >= 11 is 0. The van der Waals surface area contributed by atoms with Crippen molar-refractivity contribution in [2.75, 3.05) is 5.32 Å². The summed E-state index contributed by atoms with van der Waals surface area (Å²) in [6.07, 6.45) is 2.94. The van der Waals surface area contributed by atoms with Crippen LogP contribution in [-0.4, -0.2) is 27.3 Å². The van der Waals surface area contributed by atoms with E-state index in [9.17, 15) is 4.79 Å². The van der Waals surface area contributed by atoms with Crippen LogP contribution in [-0.2, 0) is 4.79 Å². The number of aromatic nitrogens is 2. The van der Waals surface area contributed by atoms with E-state index in [0.717, 1.165) is 17.3 Å². The second-order valence-electron chi connectivity index (χ2n) is 4.10. The molecule has 1 heterocycles.